The molecule has 214 valence electrons. The summed E-state index contributed by atoms with van der Waals surface area (Å²) in [6.07, 6.45) is -6.02. The van der Waals surface area contributed by atoms with E-state index in [0.29, 0.717) is 24.4 Å². The zero-order valence-electron chi connectivity index (χ0n) is 19.8. The lowest BCUT2D eigenvalue weighted by atomic mass is 10.1. The molecule has 39 heavy (non-hydrogen) atoms. The van der Waals surface area contributed by atoms with Crippen LogP contribution >= 0.6 is 0 Å². The zero-order chi connectivity index (χ0) is 29.4. The molecular formula is C23H22F7N3O6. The molecule has 0 spiro atoms. The molecule has 0 saturated carbocycles. The molecule has 3 heterocycles. The minimum Gasteiger partial charge on any atom is -0.489 e. The molecule has 0 unspecified atom stereocenters. The standard InChI is InChI=1S/C19H20FN3O2.2C2HF3O2/c20-15-4-1-5-17(9-15)25-18-10-16-12-23(8-7-22(16)13-18)19(24)14-3-2-6-21-11-14;2*3-2(4,5)1(6)7/h1-6,9,11,16,18H,7-8,10,12-13H2;2*(H,6,7)/t16-,18+;;/m0../s1. The molecule has 0 bridgehead atoms. The molecule has 2 atom stereocenters. The fourth-order valence-corrected chi connectivity index (χ4v) is 3.67. The van der Waals surface area contributed by atoms with E-state index in [-0.39, 0.29) is 23.9 Å². The summed E-state index contributed by atoms with van der Waals surface area (Å²) in [5, 5.41) is 14.2. The smallest absolute Gasteiger partial charge is 0.489 e. The molecule has 9 nitrogen and oxygen atoms in total. The molecule has 2 saturated heterocycles. The second-order valence-corrected chi connectivity index (χ2v) is 8.18. The lowest BCUT2D eigenvalue weighted by molar-refractivity contribution is -0.193. The Labute approximate surface area is 216 Å². The SMILES string of the molecule is O=C(O)C(F)(F)F.O=C(O)C(F)(F)F.O=C(c1cccnc1)N1CCN2C[C@H](Oc3cccc(F)c3)C[C@H]2C1. The Kier molecular flexibility index (Phi) is 10.6. The number of fused-ring (bicyclic) bond motifs is 1. The van der Waals surface area contributed by atoms with Gasteiger partial charge in [0.25, 0.3) is 5.91 Å². The molecule has 2 fully saturated rings. The normalized spacial score (nSPS) is 19.0. The maximum Gasteiger partial charge on any atom is 0.490 e. The molecule has 16 heteroatoms. The fourth-order valence-electron chi connectivity index (χ4n) is 3.67. The van der Waals surface area contributed by atoms with E-state index in [1.165, 1.54) is 12.1 Å². The molecule has 0 radical (unpaired) electrons. The Morgan fingerprint density at radius 2 is 1.54 bits per heavy atom. The first-order valence-electron chi connectivity index (χ1n) is 11.0. The number of nitrogens with zero attached hydrogens (tertiary/aromatic N) is 3. The van der Waals surface area contributed by atoms with Crippen molar-refractivity contribution < 1.29 is 60.1 Å². The molecule has 1 aromatic heterocycles. The third kappa shape index (κ3) is 10.0. The van der Waals surface area contributed by atoms with Gasteiger partial charge in [0, 0.05) is 57.1 Å². The van der Waals surface area contributed by atoms with Crippen LogP contribution in [-0.4, -0.2) is 93.5 Å². The highest BCUT2D eigenvalue weighted by Crippen LogP contribution is 2.26. The highest BCUT2D eigenvalue weighted by molar-refractivity contribution is 5.94. The monoisotopic (exact) mass is 569 g/mol. The summed E-state index contributed by atoms with van der Waals surface area (Å²) in [6.45, 7) is 3.05. The molecule has 2 aliphatic rings. The number of carbonyl (C=O) groups is 3. The molecular weight excluding hydrogens is 547 g/mol. The van der Waals surface area contributed by atoms with Crippen molar-refractivity contribution in [2.75, 3.05) is 26.2 Å². The molecule has 2 aromatic rings. The van der Waals surface area contributed by atoms with E-state index < -0.39 is 24.3 Å². The molecule has 1 aromatic carbocycles. The van der Waals surface area contributed by atoms with E-state index in [9.17, 15) is 35.5 Å². The zero-order valence-corrected chi connectivity index (χ0v) is 19.8. The third-order valence-corrected chi connectivity index (χ3v) is 5.36. The predicted molar refractivity (Wildman–Crippen MR) is 118 cm³/mol. The number of halogens is 7. The van der Waals surface area contributed by atoms with Crippen molar-refractivity contribution in [3.05, 3.63) is 60.2 Å². The van der Waals surface area contributed by atoms with Crippen molar-refractivity contribution in [1.82, 2.24) is 14.8 Å². The van der Waals surface area contributed by atoms with Crippen LogP contribution in [-0.2, 0) is 9.59 Å². The summed E-state index contributed by atoms with van der Waals surface area (Å²) in [7, 11) is 0. The van der Waals surface area contributed by atoms with Crippen LogP contribution in [0.5, 0.6) is 5.75 Å². The minimum absolute atomic E-state index is 0.0280. The Bertz CT molecular complexity index is 1110. The van der Waals surface area contributed by atoms with Gasteiger partial charge in [-0.15, -0.1) is 0 Å². The maximum atomic E-state index is 13.3. The van der Waals surface area contributed by atoms with Crippen LogP contribution < -0.4 is 4.74 Å². The lowest BCUT2D eigenvalue weighted by Crippen LogP contribution is -2.52. The first kappa shape index (κ1) is 31.3. The number of hydrogen-bond donors (Lipinski definition) is 2. The number of rotatable bonds is 3. The van der Waals surface area contributed by atoms with Crippen LogP contribution in [0.1, 0.15) is 16.8 Å². The van der Waals surface area contributed by atoms with Gasteiger partial charge in [0.2, 0.25) is 0 Å². The number of piperazine rings is 1. The van der Waals surface area contributed by atoms with Crippen LogP contribution in [0.25, 0.3) is 0 Å². The number of amides is 1. The third-order valence-electron chi connectivity index (χ3n) is 5.36. The van der Waals surface area contributed by atoms with Gasteiger partial charge in [-0.2, -0.15) is 26.3 Å². The average Bonchev–Trinajstić information content (AvgIpc) is 3.25. The van der Waals surface area contributed by atoms with Crippen molar-refractivity contribution in [3.8, 4) is 5.75 Å². The molecule has 0 aliphatic carbocycles. The van der Waals surface area contributed by atoms with Gasteiger partial charge in [-0.05, 0) is 24.3 Å². The van der Waals surface area contributed by atoms with Crippen LogP contribution in [0.3, 0.4) is 0 Å². The van der Waals surface area contributed by atoms with Crippen molar-refractivity contribution in [1.29, 1.82) is 0 Å². The van der Waals surface area contributed by atoms with E-state index in [4.69, 9.17) is 24.5 Å². The highest BCUT2D eigenvalue weighted by Gasteiger charge is 2.39. The Balaban J connectivity index is 0.000000317. The van der Waals surface area contributed by atoms with Gasteiger partial charge in [0.15, 0.2) is 0 Å². The number of carbonyl (C=O) groups excluding carboxylic acids is 1. The van der Waals surface area contributed by atoms with Crippen molar-refractivity contribution in [2.24, 2.45) is 0 Å². The second kappa shape index (κ2) is 13.2. The van der Waals surface area contributed by atoms with Crippen LogP contribution in [0, 0.1) is 5.82 Å². The highest BCUT2D eigenvalue weighted by atomic mass is 19.4. The fraction of sp³-hybridized carbons (Fsp3) is 0.391. The van der Waals surface area contributed by atoms with E-state index in [1.54, 1.807) is 36.7 Å². The van der Waals surface area contributed by atoms with Gasteiger partial charge in [0.1, 0.15) is 17.7 Å². The molecule has 2 N–H and O–H groups in total. The summed E-state index contributed by atoms with van der Waals surface area (Å²) < 4.78 is 82.7. The summed E-state index contributed by atoms with van der Waals surface area (Å²) in [5.41, 5.74) is 0.626. The van der Waals surface area contributed by atoms with Crippen molar-refractivity contribution >= 4 is 17.8 Å². The van der Waals surface area contributed by atoms with E-state index in [1.807, 2.05) is 4.90 Å². The second-order valence-electron chi connectivity index (χ2n) is 8.18. The number of ether oxygens (including phenoxy) is 1. The number of aliphatic carboxylic acids is 2. The largest absolute Gasteiger partial charge is 0.490 e. The van der Waals surface area contributed by atoms with Gasteiger partial charge in [-0.3, -0.25) is 14.7 Å². The van der Waals surface area contributed by atoms with Crippen LogP contribution in [0.4, 0.5) is 30.7 Å². The van der Waals surface area contributed by atoms with Gasteiger partial charge in [0.05, 0.1) is 5.56 Å². The Morgan fingerprint density at radius 3 is 2.05 bits per heavy atom. The summed E-state index contributed by atoms with van der Waals surface area (Å²) in [4.78, 5) is 38.7. The molecule has 4 rings (SSSR count). The van der Waals surface area contributed by atoms with Gasteiger partial charge in [-0.1, -0.05) is 6.07 Å². The number of pyridine rings is 1. The number of carboxylic acids is 2. The average molecular weight is 569 g/mol. The first-order valence-corrected chi connectivity index (χ1v) is 11.0. The number of hydrogen-bond acceptors (Lipinski definition) is 6. The maximum absolute atomic E-state index is 13.3. The van der Waals surface area contributed by atoms with E-state index in [0.717, 1.165) is 19.5 Å². The van der Waals surface area contributed by atoms with Gasteiger partial charge in [-0.25, -0.2) is 14.0 Å². The summed E-state index contributed by atoms with van der Waals surface area (Å²) >= 11 is 0. The van der Waals surface area contributed by atoms with Crippen molar-refractivity contribution in [2.45, 2.75) is 30.9 Å². The Hall–Kier alpha value is -3.95. The van der Waals surface area contributed by atoms with Gasteiger partial charge >= 0.3 is 24.3 Å². The number of benzene rings is 1. The van der Waals surface area contributed by atoms with Crippen molar-refractivity contribution in [3.63, 3.8) is 0 Å². The van der Waals surface area contributed by atoms with Gasteiger partial charge < -0.3 is 19.8 Å². The molecule has 1 amide bonds. The number of aromatic nitrogens is 1. The van der Waals surface area contributed by atoms with E-state index >= 15 is 0 Å². The Morgan fingerprint density at radius 1 is 0.923 bits per heavy atom. The van der Waals surface area contributed by atoms with Crippen LogP contribution in [0.15, 0.2) is 48.8 Å². The number of alkyl halides is 6. The topological polar surface area (TPSA) is 120 Å². The minimum atomic E-state index is -5.08. The number of carboxylic acid groups (broad SMARTS) is 2. The lowest BCUT2D eigenvalue weighted by Gasteiger charge is -2.37. The van der Waals surface area contributed by atoms with E-state index in [2.05, 4.69) is 9.88 Å². The van der Waals surface area contributed by atoms with Crippen LogP contribution in [0.2, 0.25) is 0 Å². The molecule has 2 aliphatic heterocycles. The predicted octanol–water partition coefficient (Wildman–Crippen LogP) is 3.47. The summed E-state index contributed by atoms with van der Waals surface area (Å²) in [6, 6.07) is 10.1. The quantitative estimate of drug-likeness (QED) is 0.540. The first-order chi connectivity index (χ1) is 18.1. The summed E-state index contributed by atoms with van der Waals surface area (Å²) in [5.74, 6) is -5.21.